The standard InChI is InChI=1S/C13H20/c1-2-4-6-8-10-12-13-11-9-7-5-3-1/h1-2,7-10H,3-6,11-13H2/b2-1+,9-7+,10-8+. The zero-order chi connectivity index (χ0) is 9.19. The third kappa shape index (κ3) is 6.39. The maximum atomic E-state index is 2.32. The van der Waals surface area contributed by atoms with Crippen molar-refractivity contribution in [2.75, 3.05) is 0 Å². The lowest BCUT2D eigenvalue weighted by molar-refractivity contribution is 0.859. The highest BCUT2D eigenvalue weighted by molar-refractivity contribution is 4.92. The fraction of sp³-hybridized carbons (Fsp3) is 0.538. The fourth-order valence-electron chi connectivity index (χ4n) is 1.45. The van der Waals surface area contributed by atoms with E-state index in [1.807, 2.05) is 0 Å². The first-order valence-corrected chi connectivity index (χ1v) is 5.45. The lowest BCUT2D eigenvalue weighted by atomic mass is 10.2. The van der Waals surface area contributed by atoms with Crippen molar-refractivity contribution < 1.29 is 0 Å². The number of rotatable bonds is 0. The molecule has 1 aliphatic carbocycles. The van der Waals surface area contributed by atoms with Crippen LogP contribution in [0.2, 0.25) is 0 Å². The molecule has 72 valence electrons. The molecule has 0 aromatic heterocycles. The van der Waals surface area contributed by atoms with Gasteiger partial charge in [0.15, 0.2) is 0 Å². The van der Waals surface area contributed by atoms with Gasteiger partial charge in [0.05, 0.1) is 0 Å². The molecule has 0 heterocycles. The zero-order valence-corrected chi connectivity index (χ0v) is 8.41. The highest BCUT2D eigenvalue weighted by Crippen LogP contribution is 2.04. The maximum absolute atomic E-state index is 2.32. The van der Waals surface area contributed by atoms with Crippen LogP contribution in [0, 0.1) is 0 Å². The van der Waals surface area contributed by atoms with Crippen molar-refractivity contribution in [3.8, 4) is 0 Å². The molecule has 0 radical (unpaired) electrons. The van der Waals surface area contributed by atoms with Gasteiger partial charge in [-0.15, -0.1) is 0 Å². The molecule has 0 aromatic rings. The topological polar surface area (TPSA) is 0 Å². The molecule has 13 heavy (non-hydrogen) atoms. The average molecular weight is 176 g/mol. The minimum Gasteiger partial charge on any atom is -0.0885 e. The molecule has 0 atom stereocenters. The Morgan fingerprint density at radius 3 is 1.08 bits per heavy atom. The van der Waals surface area contributed by atoms with Crippen LogP contribution in [0.1, 0.15) is 44.9 Å². The minimum atomic E-state index is 1.21. The molecule has 0 saturated carbocycles. The van der Waals surface area contributed by atoms with Crippen molar-refractivity contribution >= 4 is 0 Å². The Morgan fingerprint density at radius 1 is 0.385 bits per heavy atom. The molecule has 0 spiro atoms. The van der Waals surface area contributed by atoms with Crippen molar-refractivity contribution in [2.45, 2.75) is 44.9 Å². The highest BCUT2D eigenvalue weighted by atomic mass is 13.9. The van der Waals surface area contributed by atoms with Gasteiger partial charge in [0.25, 0.3) is 0 Å². The van der Waals surface area contributed by atoms with Crippen LogP contribution >= 0.6 is 0 Å². The Morgan fingerprint density at radius 2 is 0.692 bits per heavy atom. The summed E-state index contributed by atoms with van der Waals surface area (Å²) < 4.78 is 0. The largest absolute Gasteiger partial charge is 0.0885 e. The predicted octanol–water partition coefficient (Wildman–Crippen LogP) is 4.40. The van der Waals surface area contributed by atoms with E-state index in [4.69, 9.17) is 0 Å². The first-order chi connectivity index (χ1) is 6.50. The van der Waals surface area contributed by atoms with E-state index in [1.54, 1.807) is 0 Å². The molecule has 0 N–H and O–H groups in total. The highest BCUT2D eigenvalue weighted by Gasteiger charge is 1.83. The monoisotopic (exact) mass is 176 g/mol. The van der Waals surface area contributed by atoms with Crippen molar-refractivity contribution in [3.05, 3.63) is 36.5 Å². The summed E-state index contributed by atoms with van der Waals surface area (Å²) >= 11 is 0. The number of hydrogen-bond donors (Lipinski definition) is 0. The second-order valence-electron chi connectivity index (χ2n) is 3.50. The molecular formula is C13H20. The van der Waals surface area contributed by atoms with E-state index in [1.165, 1.54) is 44.9 Å². The van der Waals surface area contributed by atoms with Crippen LogP contribution in [-0.4, -0.2) is 0 Å². The normalized spacial score (nSPS) is 27.7. The van der Waals surface area contributed by atoms with Crippen LogP contribution in [0.15, 0.2) is 36.5 Å². The average Bonchev–Trinajstić information content (AvgIpc) is 2.18. The number of allylic oxidation sites excluding steroid dienone is 6. The SMILES string of the molecule is C1=C/CC/C=C/CCC/C=C/CC/1. The third-order valence-corrected chi connectivity index (χ3v) is 2.24. The quantitative estimate of drug-likeness (QED) is 0.480. The molecule has 0 unspecified atom stereocenters. The Balaban J connectivity index is 2.27. The summed E-state index contributed by atoms with van der Waals surface area (Å²) in [4.78, 5) is 0. The van der Waals surface area contributed by atoms with Crippen molar-refractivity contribution in [1.82, 2.24) is 0 Å². The zero-order valence-electron chi connectivity index (χ0n) is 8.41. The third-order valence-electron chi connectivity index (χ3n) is 2.24. The summed E-state index contributed by atoms with van der Waals surface area (Å²) in [7, 11) is 0. The summed E-state index contributed by atoms with van der Waals surface area (Å²) in [5.74, 6) is 0. The predicted molar refractivity (Wildman–Crippen MR) is 59.7 cm³/mol. The van der Waals surface area contributed by atoms with E-state index < -0.39 is 0 Å². The van der Waals surface area contributed by atoms with Crippen molar-refractivity contribution in [1.29, 1.82) is 0 Å². The molecule has 1 rings (SSSR count). The smallest absolute Gasteiger partial charge is 0.0316 e. The molecule has 0 heteroatoms. The molecule has 0 bridgehead atoms. The summed E-state index contributed by atoms with van der Waals surface area (Å²) in [5, 5.41) is 0. The van der Waals surface area contributed by atoms with Gasteiger partial charge in [-0.3, -0.25) is 0 Å². The summed E-state index contributed by atoms with van der Waals surface area (Å²) in [6.45, 7) is 0. The van der Waals surface area contributed by atoms with E-state index in [2.05, 4.69) is 36.5 Å². The molecule has 0 saturated heterocycles. The second kappa shape index (κ2) is 7.85. The Labute approximate surface area is 82.0 Å². The first-order valence-electron chi connectivity index (χ1n) is 5.45. The van der Waals surface area contributed by atoms with E-state index >= 15 is 0 Å². The lowest BCUT2D eigenvalue weighted by Crippen LogP contribution is -1.69. The van der Waals surface area contributed by atoms with Gasteiger partial charge in [0.1, 0.15) is 0 Å². The van der Waals surface area contributed by atoms with Crippen LogP contribution in [-0.2, 0) is 0 Å². The molecule has 0 fully saturated rings. The summed E-state index contributed by atoms with van der Waals surface area (Å²) in [6, 6.07) is 0. The Bertz CT molecular complexity index is 164. The van der Waals surface area contributed by atoms with Gasteiger partial charge in [-0.1, -0.05) is 36.5 Å². The molecular weight excluding hydrogens is 156 g/mol. The van der Waals surface area contributed by atoms with E-state index in [-0.39, 0.29) is 0 Å². The Kier molecular flexibility index (Phi) is 6.22. The van der Waals surface area contributed by atoms with Gasteiger partial charge in [0.2, 0.25) is 0 Å². The van der Waals surface area contributed by atoms with Crippen LogP contribution < -0.4 is 0 Å². The minimum absolute atomic E-state index is 1.21. The van der Waals surface area contributed by atoms with Crippen LogP contribution in [0.3, 0.4) is 0 Å². The second-order valence-corrected chi connectivity index (χ2v) is 3.50. The Hall–Kier alpha value is -0.780. The fourth-order valence-corrected chi connectivity index (χ4v) is 1.45. The van der Waals surface area contributed by atoms with E-state index in [9.17, 15) is 0 Å². The van der Waals surface area contributed by atoms with E-state index in [0.29, 0.717) is 0 Å². The van der Waals surface area contributed by atoms with Crippen molar-refractivity contribution in [3.63, 3.8) is 0 Å². The summed E-state index contributed by atoms with van der Waals surface area (Å²) in [5.41, 5.74) is 0. The van der Waals surface area contributed by atoms with E-state index in [0.717, 1.165) is 0 Å². The molecule has 0 aromatic carbocycles. The van der Waals surface area contributed by atoms with Crippen LogP contribution in [0.25, 0.3) is 0 Å². The molecule has 1 aliphatic rings. The van der Waals surface area contributed by atoms with Gasteiger partial charge in [0, 0.05) is 0 Å². The summed E-state index contributed by atoms with van der Waals surface area (Å²) in [6.07, 6.45) is 22.5. The molecule has 0 nitrogen and oxygen atoms in total. The van der Waals surface area contributed by atoms with Crippen LogP contribution in [0.5, 0.6) is 0 Å². The van der Waals surface area contributed by atoms with Crippen LogP contribution in [0.4, 0.5) is 0 Å². The van der Waals surface area contributed by atoms with Crippen molar-refractivity contribution in [2.24, 2.45) is 0 Å². The van der Waals surface area contributed by atoms with Gasteiger partial charge in [-0.05, 0) is 44.9 Å². The van der Waals surface area contributed by atoms with Gasteiger partial charge in [-0.2, -0.15) is 0 Å². The van der Waals surface area contributed by atoms with Gasteiger partial charge in [-0.25, -0.2) is 0 Å². The maximum Gasteiger partial charge on any atom is -0.0316 e. The van der Waals surface area contributed by atoms with Gasteiger partial charge >= 0.3 is 0 Å². The first kappa shape index (κ1) is 10.3. The lowest BCUT2D eigenvalue weighted by Gasteiger charge is -1.89. The molecule has 0 aliphatic heterocycles. The number of hydrogen-bond acceptors (Lipinski definition) is 0. The van der Waals surface area contributed by atoms with Gasteiger partial charge < -0.3 is 0 Å². The molecule has 0 amide bonds.